The molecule has 5 nitrogen and oxygen atoms in total. The number of nitrogens with two attached hydrogens (primary N) is 1. The van der Waals surface area contributed by atoms with Crippen molar-refractivity contribution in [3.05, 3.63) is 22.7 Å². The fourth-order valence-corrected chi connectivity index (χ4v) is 2.16. The molecule has 0 amide bonds. The van der Waals surface area contributed by atoms with E-state index in [0.29, 0.717) is 29.0 Å². The topological polar surface area (TPSA) is 78.6 Å². The Kier molecular flexibility index (Phi) is 6.10. The zero-order valence-electron chi connectivity index (χ0n) is 12.1. The third-order valence-corrected chi connectivity index (χ3v) is 3.75. The molecule has 1 rings (SSSR count). The highest BCUT2D eigenvalue weighted by atomic mass is 35.5. The second-order valence-corrected chi connectivity index (χ2v) is 5.30. The van der Waals surface area contributed by atoms with Crippen molar-refractivity contribution < 1.29 is 9.90 Å². The quantitative estimate of drug-likeness (QED) is 0.675. The van der Waals surface area contributed by atoms with Crippen LogP contribution in [0.5, 0.6) is 0 Å². The Morgan fingerprint density at radius 3 is 2.75 bits per heavy atom. The van der Waals surface area contributed by atoms with Crippen LogP contribution in [0.4, 0.5) is 11.4 Å². The van der Waals surface area contributed by atoms with Gasteiger partial charge in [0, 0.05) is 24.8 Å². The molecule has 0 aliphatic carbocycles. The van der Waals surface area contributed by atoms with Crippen LogP contribution in [-0.4, -0.2) is 42.2 Å². The van der Waals surface area contributed by atoms with E-state index in [9.17, 15) is 9.90 Å². The van der Waals surface area contributed by atoms with Gasteiger partial charge in [-0.1, -0.05) is 18.5 Å². The normalized spacial score (nSPS) is 12.4. The van der Waals surface area contributed by atoms with E-state index >= 15 is 0 Å². The highest BCUT2D eigenvalue weighted by Gasteiger charge is 2.15. The molecule has 6 heteroatoms. The van der Waals surface area contributed by atoms with Crippen LogP contribution in [0.25, 0.3) is 0 Å². The maximum absolute atomic E-state index is 11.2. The van der Waals surface area contributed by atoms with Crippen LogP contribution in [-0.2, 0) is 0 Å². The molecular weight excluding hydrogens is 278 g/mol. The number of anilines is 2. The molecule has 0 saturated heterocycles. The highest BCUT2D eigenvalue weighted by Crippen LogP contribution is 2.29. The summed E-state index contributed by atoms with van der Waals surface area (Å²) in [5.74, 6) is -1.04. The summed E-state index contributed by atoms with van der Waals surface area (Å²) in [5, 5.41) is 12.6. The summed E-state index contributed by atoms with van der Waals surface area (Å²) in [7, 11) is 2.04. The number of carboxylic acids is 1. The molecule has 0 spiro atoms. The average molecular weight is 300 g/mol. The number of nitrogens with zero attached hydrogens (tertiary/aromatic N) is 1. The summed E-state index contributed by atoms with van der Waals surface area (Å²) >= 11 is 6.06. The molecule has 20 heavy (non-hydrogen) atoms. The van der Waals surface area contributed by atoms with Gasteiger partial charge in [-0.2, -0.15) is 0 Å². The average Bonchev–Trinajstić information content (AvgIpc) is 2.39. The Morgan fingerprint density at radius 1 is 1.55 bits per heavy atom. The number of aromatic carboxylic acids is 1. The van der Waals surface area contributed by atoms with Gasteiger partial charge in [-0.3, -0.25) is 0 Å². The van der Waals surface area contributed by atoms with Crippen molar-refractivity contribution in [1.29, 1.82) is 0 Å². The van der Waals surface area contributed by atoms with Gasteiger partial charge in [0.15, 0.2) is 0 Å². The number of likely N-dealkylation sites (N-methyl/N-ethyl adjacent to an activating group) is 1. The van der Waals surface area contributed by atoms with Gasteiger partial charge in [-0.25, -0.2) is 4.79 Å². The number of nitrogen functional groups attached to an aromatic ring is 1. The minimum atomic E-state index is -1.04. The standard InChI is InChI=1S/C14H22ClN3O2/c1-4-9(2)18(3)6-5-17-13-11(14(19)20)7-10(16)8-12(13)15/h7-9,17H,4-6,16H2,1-3H3,(H,19,20). The Labute approximate surface area is 124 Å². The van der Waals surface area contributed by atoms with Crippen LogP contribution < -0.4 is 11.1 Å². The van der Waals surface area contributed by atoms with Gasteiger partial charge < -0.3 is 21.1 Å². The lowest BCUT2D eigenvalue weighted by Gasteiger charge is -2.24. The molecule has 0 aliphatic rings. The van der Waals surface area contributed by atoms with E-state index in [0.717, 1.165) is 13.0 Å². The summed E-state index contributed by atoms with van der Waals surface area (Å²) in [6, 6.07) is 3.45. The predicted molar refractivity (Wildman–Crippen MR) is 83.7 cm³/mol. The first-order chi connectivity index (χ1) is 9.36. The monoisotopic (exact) mass is 299 g/mol. The first-order valence-corrected chi connectivity index (χ1v) is 7.01. The molecule has 4 N–H and O–H groups in total. The lowest BCUT2D eigenvalue weighted by atomic mass is 10.1. The van der Waals surface area contributed by atoms with Crippen molar-refractivity contribution in [2.75, 3.05) is 31.2 Å². The fourth-order valence-electron chi connectivity index (χ4n) is 1.87. The molecule has 0 heterocycles. The van der Waals surface area contributed by atoms with Crippen molar-refractivity contribution in [3.8, 4) is 0 Å². The highest BCUT2D eigenvalue weighted by molar-refractivity contribution is 6.34. The summed E-state index contributed by atoms with van der Waals surface area (Å²) in [4.78, 5) is 13.4. The molecule has 1 aromatic carbocycles. The largest absolute Gasteiger partial charge is 0.478 e. The summed E-state index contributed by atoms with van der Waals surface area (Å²) in [6.45, 7) is 5.70. The number of carboxylic acid groups (broad SMARTS) is 1. The molecule has 0 aliphatic heterocycles. The summed E-state index contributed by atoms with van der Waals surface area (Å²) in [6.07, 6.45) is 1.07. The van der Waals surface area contributed by atoms with E-state index in [-0.39, 0.29) is 5.56 Å². The minimum Gasteiger partial charge on any atom is -0.478 e. The molecule has 0 saturated carbocycles. The molecule has 1 unspecified atom stereocenters. The van der Waals surface area contributed by atoms with Crippen molar-refractivity contribution in [2.45, 2.75) is 26.3 Å². The Morgan fingerprint density at radius 2 is 2.20 bits per heavy atom. The lowest BCUT2D eigenvalue weighted by Crippen LogP contribution is -2.32. The number of nitrogens with one attached hydrogen (secondary N) is 1. The van der Waals surface area contributed by atoms with Crippen LogP contribution in [0.1, 0.15) is 30.6 Å². The fraction of sp³-hybridized carbons (Fsp3) is 0.500. The zero-order valence-corrected chi connectivity index (χ0v) is 12.9. The van der Waals surface area contributed by atoms with Gasteiger partial charge in [-0.15, -0.1) is 0 Å². The Hall–Kier alpha value is -1.46. The van der Waals surface area contributed by atoms with Crippen LogP contribution in [0.15, 0.2) is 12.1 Å². The maximum Gasteiger partial charge on any atom is 0.337 e. The zero-order chi connectivity index (χ0) is 15.3. The molecule has 0 fully saturated rings. The molecule has 112 valence electrons. The molecule has 1 aromatic rings. The van der Waals surface area contributed by atoms with E-state index in [1.54, 1.807) is 6.07 Å². The van der Waals surface area contributed by atoms with Gasteiger partial charge in [0.1, 0.15) is 0 Å². The van der Waals surface area contributed by atoms with E-state index in [2.05, 4.69) is 24.1 Å². The molecule has 0 radical (unpaired) electrons. The number of hydrogen-bond donors (Lipinski definition) is 3. The van der Waals surface area contributed by atoms with E-state index < -0.39 is 5.97 Å². The number of rotatable bonds is 7. The van der Waals surface area contributed by atoms with Gasteiger partial charge in [0.2, 0.25) is 0 Å². The SMILES string of the molecule is CCC(C)N(C)CCNc1c(Cl)cc(N)cc1C(=O)O. The van der Waals surface area contributed by atoms with Crippen molar-refractivity contribution >= 4 is 28.9 Å². The third kappa shape index (κ3) is 4.28. The van der Waals surface area contributed by atoms with E-state index in [1.165, 1.54) is 6.07 Å². The second kappa shape index (κ2) is 7.36. The number of benzene rings is 1. The number of hydrogen-bond acceptors (Lipinski definition) is 4. The van der Waals surface area contributed by atoms with Crippen molar-refractivity contribution in [3.63, 3.8) is 0 Å². The van der Waals surface area contributed by atoms with Crippen LogP contribution in [0.3, 0.4) is 0 Å². The Balaban J connectivity index is 2.75. The van der Waals surface area contributed by atoms with Gasteiger partial charge in [0.25, 0.3) is 0 Å². The first kappa shape index (κ1) is 16.6. The van der Waals surface area contributed by atoms with Gasteiger partial charge in [-0.05, 0) is 32.5 Å². The van der Waals surface area contributed by atoms with E-state index in [1.807, 2.05) is 7.05 Å². The number of carbonyl (C=O) groups is 1. The first-order valence-electron chi connectivity index (χ1n) is 6.63. The van der Waals surface area contributed by atoms with Crippen molar-refractivity contribution in [2.24, 2.45) is 0 Å². The van der Waals surface area contributed by atoms with Gasteiger partial charge in [0.05, 0.1) is 16.3 Å². The molecule has 0 bridgehead atoms. The van der Waals surface area contributed by atoms with Crippen LogP contribution in [0.2, 0.25) is 5.02 Å². The Bertz CT molecular complexity index is 480. The summed E-state index contributed by atoms with van der Waals surface area (Å²) < 4.78 is 0. The molecule has 0 aromatic heterocycles. The third-order valence-electron chi connectivity index (χ3n) is 3.45. The molecular formula is C14H22ClN3O2. The van der Waals surface area contributed by atoms with Crippen LogP contribution in [0, 0.1) is 0 Å². The smallest absolute Gasteiger partial charge is 0.337 e. The summed E-state index contributed by atoms with van der Waals surface area (Å²) in [5.41, 5.74) is 6.48. The maximum atomic E-state index is 11.2. The lowest BCUT2D eigenvalue weighted by molar-refractivity contribution is 0.0698. The minimum absolute atomic E-state index is 0.0983. The predicted octanol–water partition coefficient (Wildman–Crippen LogP) is 2.76. The van der Waals surface area contributed by atoms with Crippen LogP contribution >= 0.6 is 11.6 Å². The van der Waals surface area contributed by atoms with Crippen molar-refractivity contribution in [1.82, 2.24) is 4.90 Å². The second-order valence-electron chi connectivity index (χ2n) is 4.90. The molecule has 1 atom stereocenters. The number of halogens is 1. The van der Waals surface area contributed by atoms with E-state index in [4.69, 9.17) is 17.3 Å². The van der Waals surface area contributed by atoms with Gasteiger partial charge >= 0.3 is 5.97 Å².